The van der Waals surface area contributed by atoms with E-state index in [9.17, 15) is 24.3 Å². The first-order valence-corrected chi connectivity index (χ1v) is 7.70. The highest BCUT2D eigenvalue weighted by molar-refractivity contribution is 6.15. The number of nitrogens with zero attached hydrogens (tertiary/aromatic N) is 1. The van der Waals surface area contributed by atoms with Crippen molar-refractivity contribution in [3.8, 4) is 0 Å². The summed E-state index contributed by atoms with van der Waals surface area (Å²) in [4.78, 5) is 50.0. The lowest BCUT2D eigenvalue weighted by Gasteiger charge is -2.24. The predicted octanol–water partition coefficient (Wildman–Crippen LogP) is 1.91. The molecule has 0 radical (unpaired) electrons. The van der Waals surface area contributed by atoms with E-state index in [1.807, 2.05) is 0 Å². The van der Waals surface area contributed by atoms with Gasteiger partial charge in [-0.25, -0.2) is 19.2 Å². The van der Waals surface area contributed by atoms with Crippen molar-refractivity contribution in [2.75, 3.05) is 6.54 Å². The van der Waals surface area contributed by atoms with E-state index in [-0.39, 0.29) is 5.56 Å². The summed E-state index contributed by atoms with van der Waals surface area (Å²) in [5, 5.41) is 13.0. The van der Waals surface area contributed by atoms with Gasteiger partial charge in [0.15, 0.2) is 5.54 Å². The molecule has 1 fully saturated rings. The van der Waals surface area contributed by atoms with Crippen LogP contribution in [0.25, 0.3) is 10.8 Å². The van der Waals surface area contributed by atoms with Gasteiger partial charge in [0, 0.05) is 0 Å². The fourth-order valence-corrected chi connectivity index (χ4v) is 3.21. The van der Waals surface area contributed by atoms with Gasteiger partial charge in [-0.15, -0.1) is 0 Å². The minimum absolute atomic E-state index is 0.139. The van der Waals surface area contributed by atoms with Crippen LogP contribution in [0, 0.1) is 0 Å². The third-order valence-electron chi connectivity index (χ3n) is 4.39. The number of nitrogens with one attached hydrogen (secondary N) is 1. The third kappa shape index (κ3) is 2.40. The van der Waals surface area contributed by atoms with Crippen molar-refractivity contribution < 1.29 is 28.8 Å². The third-order valence-corrected chi connectivity index (χ3v) is 4.39. The molecule has 0 bridgehead atoms. The van der Waals surface area contributed by atoms with Crippen molar-refractivity contribution in [2.24, 2.45) is 0 Å². The molecule has 1 saturated heterocycles. The van der Waals surface area contributed by atoms with Crippen LogP contribution in [0.15, 0.2) is 42.5 Å². The molecule has 7 heteroatoms. The van der Waals surface area contributed by atoms with E-state index in [0.29, 0.717) is 5.39 Å². The van der Waals surface area contributed by atoms with Gasteiger partial charge in [-0.2, -0.15) is 0 Å². The summed E-state index contributed by atoms with van der Waals surface area (Å²) < 4.78 is -1.41. The molecule has 4 amide bonds. The van der Waals surface area contributed by atoms with Gasteiger partial charge in [0.25, 0.3) is 0 Å². The Morgan fingerprint density at radius 2 is 1.72 bits per heavy atom. The average Bonchev–Trinajstić information content (AvgIpc) is 2.73. The Labute approximate surface area is 143 Å². The lowest BCUT2D eigenvalue weighted by atomic mass is 10.0. The molecule has 2 aromatic carbocycles. The fourth-order valence-electron chi connectivity index (χ4n) is 3.21. The van der Waals surface area contributed by atoms with Gasteiger partial charge >= 0.3 is 23.8 Å². The monoisotopic (exact) mass is 341 g/mol. The molecule has 1 heterocycles. The highest BCUT2D eigenvalue weighted by atomic mass is 16.4. The first-order valence-electron chi connectivity index (χ1n) is 7.70. The van der Waals surface area contributed by atoms with E-state index in [1.165, 1.54) is 19.9 Å². The minimum atomic E-state index is -1.41. The Bertz CT molecular complexity index is 929. The molecule has 3 rings (SSSR count). The van der Waals surface area contributed by atoms with Crippen LogP contribution in [0.1, 0.15) is 24.2 Å². The normalized spacial score (nSPS) is 22.0. The maximum atomic E-state index is 13.3. The maximum Gasteiger partial charge on any atom is 0.433 e. The number of carboxylic acids is 1. The summed E-state index contributed by atoms with van der Waals surface area (Å²) in [6.07, 6.45) is 0. The molecule has 2 N–H and O–H groups in total. The molecule has 1 atom stereocenters. The maximum absolute atomic E-state index is 13.3. The smallest absolute Gasteiger partial charge is 0.433 e. The number of carbonyl (C=O) groups is 4. The number of rotatable bonds is 3. The zero-order valence-corrected chi connectivity index (χ0v) is 13.8. The molecular formula is C18H17N2O5+. The lowest BCUT2D eigenvalue weighted by molar-refractivity contribution is -0.673. The second kappa shape index (κ2) is 5.49. The largest absolute Gasteiger partial charge is 0.477 e. The molecule has 0 aliphatic carbocycles. The Balaban J connectivity index is 2.24. The quantitative estimate of drug-likeness (QED) is 0.504. The zero-order chi connectivity index (χ0) is 18.4. The highest BCUT2D eigenvalue weighted by Crippen LogP contribution is 2.30. The Morgan fingerprint density at radius 1 is 1.08 bits per heavy atom. The number of aliphatic carboxylic acids is 1. The standard InChI is InChI=1S/C18H16N2O5/c1-18(2)16(24)20(10-14(21)22,17(25)19-18)15(23)13-9-5-7-11-6-3-4-8-12(11)13/h3-9H,10H2,1-2H3,(H-,19,21,22,25)/p+1. The number of hydrogen-bond donors (Lipinski definition) is 2. The van der Waals surface area contributed by atoms with E-state index in [2.05, 4.69) is 5.32 Å². The SMILES string of the molecule is CC1(C)NC(=O)[N+](CC(=O)O)(C(=O)c2cccc3ccccc23)C1=O. The summed E-state index contributed by atoms with van der Waals surface area (Å²) in [5.74, 6) is -3.03. The first-order chi connectivity index (χ1) is 11.7. The minimum Gasteiger partial charge on any atom is -0.477 e. The molecule has 1 unspecified atom stereocenters. The Morgan fingerprint density at radius 3 is 2.32 bits per heavy atom. The van der Waals surface area contributed by atoms with Crippen LogP contribution in [-0.4, -0.2) is 45.5 Å². The number of benzene rings is 2. The number of fused-ring (bicyclic) bond motifs is 1. The van der Waals surface area contributed by atoms with Crippen LogP contribution in [0.4, 0.5) is 4.79 Å². The summed E-state index contributed by atoms with van der Waals surface area (Å²) in [6.45, 7) is 1.97. The van der Waals surface area contributed by atoms with E-state index in [1.54, 1.807) is 36.4 Å². The Kier molecular flexibility index (Phi) is 3.69. The van der Waals surface area contributed by atoms with Gasteiger partial charge < -0.3 is 5.11 Å². The highest BCUT2D eigenvalue weighted by Gasteiger charge is 2.66. The van der Waals surface area contributed by atoms with Crippen LogP contribution >= 0.6 is 0 Å². The van der Waals surface area contributed by atoms with Crippen molar-refractivity contribution in [3.05, 3.63) is 48.0 Å². The molecule has 0 saturated carbocycles. The molecule has 7 nitrogen and oxygen atoms in total. The van der Waals surface area contributed by atoms with Crippen molar-refractivity contribution in [3.63, 3.8) is 0 Å². The number of urea groups is 1. The van der Waals surface area contributed by atoms with Gasteiger partial charge in [-0.05, 0) is 30.7 Å². The first kappa shape index (κ1) is 16.8. The predicted molar refractivity (Wildman–Crippen MR) is 88.7 cm³/mol. The van der Waals surface area contributed by atoms with E-state index in [0.717, 1.165) is 5.39 Å². The number of imide groups is 3. The number of carbonyl (C=O) groups excluding carboxylic acids is 3. The van der Waals surface area contributed by atoms with Crippen molar-refractivity contribution in [1.29, 1.82) is 0 Å². The summed E-state index contributed by atoms with van der Waals surface area (Å²) >= 11 is 0. The van der Waals surface area contributed by atoms with Gasteiger partial charge in [-0.1, -0.05) is 40.9 Å². The van der Waals surface area contributed by atoms with E-state index in [4.69, 9.17) is 0 Å². The van der Waals surface area contributed by atoms with Crippen LogP contribution in [-0.2, 0) is 9.59 Å². The molecule has 0 spiro atoms. The molecule has 1 aliphatic heterocycles. The van der Waals surface area contributed by atoms with E-state index >= 15 is 0 Å². The van der Waals surface area contributed by atoms with Crippen LogP contribution < -0.4 is 5.32 Å². The summed E-state index contributed by atoms with van der Waals surface area (Å²) in [7, 11) is 0. The topological polar surface area (TPSA) is 101 Å². The molecule has 2 aromatic rings. The molecule has 25 heavy (non-hydrogen) atoms. The summed E-state index contributed by atoms with van der Waals surface area (Å²) in [6, 6.07) is 11.0. The van der Waals surface area contributed by atoms with Gasteiger partial charge in [0.1, 0.15) is 0 Å². The Hall–Kier alpha value is -3.06. The van der Waals surface area contributed by atoms with Crippen LogP contribution in [0.5, 0.6) is 0 Å². The number of hydrogen-bond acceptors (Lipinski definition) is 4. The lowest BCUT2D eigenvalue weighted by Crippen LogP contribution is -2.61. The molecular weight excluding hydrogens is 324 g/mol. The van der Waals surface area contributed by atoms with Crippen molar-refractivity contribution in [2.45, 2.75) is 19.4 Å². The number of quaternary nitrogens is 1. The van der Waals surface area contributed by atoms with Crippen molar-refractivity contribution >= 4 is 34.6 Å². The van der Waals surface area contributed by atoms with Gasteiger partial charge in [-0.3, -0.25) is 5.32 Å². The number of carboxylic acid groups (broad SMARTS) is 1. The molecule has 128 valence electrons. The number of amides is 4. The van der Waals surface area contributed by atoms with Gasteiger partial charge in [0.05, 0.1) is 5.56 Å². The zero-order valence-electron chi connectivity index (χ0n) is 13.8. The second-order valence-corrected chi connectivity index (χ2v) is 6.55. The fraction of sp³-hybridized carbons (Fsp3) is 0.222. The van der Waals surface area contributed by atoms with Crippen LogP contribution in [0.3, 0.4) is 0 Å². The van der Waals surface area contributed by atoms with Gasteiger partial charge in [0.2, 0.25) is 6.54 Å². The average molecular weight is 341 g/mol. The molecule has 0 aromatic heterocycles. The summed E-state index contributed by atoms with van der Waals surface area (Å²) in [5.41, 5.74) is -1.19. The van der Waals surface area contributed by atoms with Crippen LogP contribution in [0.2, 0.25) is 0 Å². The molecule has 1 aliphatic rings. The van der Waals surface area contributed by atoms with Crippen molar-refractivity contribution in [1.82, 2.24) is 5.32 Å². The second-order valence-electron chi connectivity index (χ2n) is 6.55. The van der Waals surface area contributed by atoms with E-state index < -0.39 is 40.4 Å².